The molecule has 2 aromatic carbocycles. The fourth-order valence-corrected chi connectivity index (χ4v) is 4.01. The second-order valence-electron chi connectivity index (χ2n) is 7.87. The molecule has 0 aliphatic heterocycles. The van der Waals surface area contributed by atoms with Crippen LogP contribution in [-0.2, 0) is 6.61 Å². The molecule has 6 heteroatoms. The van der Waals surface area contributed by atoms with E-state index in [0.29, 0.717) is 24.5 Å². The Hall–Kier alpha value is -3.64. The third-order valence-electron chi connectivity index (χ3n) is 5.81. The van der Waals surface area contributed by atoms with Crippen molar-refractivity contribution in [3.63, 3.8) is 0 Å². The first kappa shape index (κ1) is 22.6. The number of carbonyl (C=O) groups is 1. The molecular formula is C27H30N4O2. The highest BCUT2D eigenvalue weighted by Crippen LogP contribution is 2.20. The summed E-state index contributed by atoms with van der Waals surface area (Å²) in [7, 11) is 0. The van der Waals surface area contributed by atoms with Crippen molar-refractivity contribution >= 4 is 11.6 Å². The van der Waals surface area contributed by atoms with E-state index in [0.717, 1.165) is 24.4 Å². The zero-order chi connectivity index (χ0) is 23.0. The highest BCUT2D eigenvalue weighted by molar-refractivity contribution is 5.94. The number of ether oxygens (including phenoxy) is 1. The Morgan fingerprint density at radius 3 is 2.42 bits per heavy atom. The maximum atomic E-state index is 12.8. The van der Waals surface area contributed by atoms with Crippen molar-refractivity contribution in [3.8, 4) is 5.75 Å². The smallest absolute Gasteiger partial charge is 0.251 e. The van der Waals surface area contributed by atoms with Crippen LogP contribution < -0.4 is 10.1 Å². The van der Waals surface area contributed by atoms with Crippen LogP contribution in [0.2, 0.25) is 0 Å². The largest absolute Gasteiger partial charge is 0.487 e. The molecule has 0 saturated carbocycles. The predicted molar refractivity (Wildman–Crippen MR) is 130 cm³/mol. The van der Waals surface area contributed by atoms with Gasteiger partial charge in [-0.15, -0.1) is 0 Å². The van der Waals surface area contributed by atoms with E-state index in [1.807, 2.05) is 65.3 Å². The summed E-state index contributed by atoms with van der Waals surface area (Å²) in [6, 6.07) is 23.6. The molecule has 0 radical (unpaired) electrons. The number of amides is 1. The average Bonchev–Trinajstić information content (AvgIpc) is 3.29. The number of nitrogens with one attached hydrogen (secondary N) is 1. The monoisotopic (exact) mass is 442 g/mol. The van der Waals surface area contributed by atoms with Gasteiger partial charge in [0, 0.05) is 24.5 Å². The van der Waals surface area contributed by atoms with Gasteiger partial charge in [-0.2, -0.15) is 0 Å². The van der Waals surface area contributed by atoms with Gasteiger partial charge in [-0.1, -0.05) is 50.2 Å². The Kier molecular flexibility index (Phi) is 7.37. The zero-order valence-electron chi connectivity index (χ0n) is 19.1. The number of rotatable bonds is 10. The molecule has 0 bridgehead atoms. The first-order chi connectivity index (χ1) is 16.2. The lowest BCUT2D eigenvalue weighted by molar-refractivity contribution is 0.0935. The van der Waals surface area contributed by atoms with E-state index in [4.69, 9.17) is 4.74 Å². The molecule has 0 unspecified atom stereocenters. The normalized spacial score (nSPS) is 12.1. The van der Waals surface area contributed by atoms with Gasteiger partial charge in [0.05, 0.1) is 11.7 Å². The summed E-state index contributed by atoms with van der Waals surface area (Å²) >= 11 is 0. The Morgan fingerprint density at radius 2 is 1.73 bits per heavy atom. The SMILES string of the molecule is CCN(CC)[C@@H](CNC(=O)c1ccc(OCc2cn3ccccc3n2)cc1)c1ccccc1. The second kappa shape index (κ2) is 10.8. The fourth-order valence-electron chi connectivity index (χ4n) is 4.01. The van der Waals surface area contributed by atoms with Crippen LogP contribution in [0.3, 0.4) is 0 Å². The van der Waals surface area contributed by atoms with Gasteiger partial charge in [-0.05, 0) is 55.1 Å². The molecule has 2 heterocycles. The molecule has 2 aromatic heterocycles. The van der Waals surface area contributed by atoms with Gasteiger partial charge < -0.3 is 14.5 Å². The summed E-state index contributed by atoms with van der Waals surface area (Å²) < 4.78 is 7.82. The molecule has 170 valence electrons. The minimum absolute atomic E-state index is 0.0880. The van der Waals surface area contributed by atoms with Crippen molar-refractivity contribution in [2.24, 2.45) is 0 Å². The van der Waals surface area contributed by atoms with Crippen LogP contribution in [0.5, 0.6) is 5.75 Å². The predicted octanol–water partition coefficient (Wildman–Crippen LogP) is 4.73. The van der Waals surface area contributed by atoms with E-state index in [-0.39, 0.29) is 11.9 Å². The van der Waals surface area contributed by atoms with E-state index in [9.17, 15) is 4.79 Å². The molecular weight excluding hydrogens is 412 g/mol. The Morgan fingerprint density at radius 1 is 1.00 bits per heavy atom. The van der Waals surface area contributed by atoms with Crippen molar-refractivity contribution in [1.82, 2.24) is 19.6 Å². The van der Waals surface area contributed by atoms with Crippen LogP contribution in [0.15, 0.2) is 85.2 Å². The summed E-state index contributed by atoms with van der Waals surface area (Å²) in [5.74, 6) is 0.615. The number of nitrogens with zero attached hydrogens (tertiary/aromatic N) is 3. The number of hydrogen-bond donors (Lipinski definition) is 1. The van der Waals surface area contributed by atoms with Crippen LogP contribution >= 0.6 is 0 Å². The first-order valence-corrected chi connectivity index (χ1v) is 11.4. The maximum Gasteiger partial charge on any atom is 0.251 e. The Balaban J connectivity index is 1.35. The van der Waals surface area contributed by atoms with E-state index in [1.165, 1.54) is 5.56 Å². The number of carbonyl (C=O) groups excluding carboxylic acids is 1. The van der Waals surface area contributed by atoms with Crippen LogP contribution in [0, 0.1) is 0 Å². The molecule has 0 fully saturated rings. The van der Waals surface area contributed by atoms with E-state index in [2.05, 4.69) is 41.2 Å². The first-order valence-electron chi connectivity index (χ1n) is 11.4. The molecule has 1 N–H and O–H groups in total. The van der Waals surface area contributed by atoms with Crippen LogP contribution in [-0.4, -0.2) is 39.8 Å². The zero-order valence-corrected chi connectivity index (χ0v) is 19.1. The van der Waals surface area contributed by atoms with Gasteiger partial charge in [0.1, 0.15) is 18.0 Å². The second-order valence-corrected chi connectivity index (χ2v) is 7.87. The fraction of sp³-hybridized carbons (Fsp3) is 0.259. The third kappa shape index (κ3) is 5.59. The summed E-state index contributed by atoms with van der Waals surface area (Å²) in [5.41, 5.74) is 3.56. The molecule has 0 saturated heterocycles. The minimum atomic E-state index is -0.0880. The highest BCUT2D eigenvalue weighted by atomic mass is 16.5. The average molecular weight is 443 g/mol. The van der Waals surface area contributed by atoms with Gasteiger partial charge in [0.2, 0.25) is 0 Å². The molecule has 0 aliphatic carbocycles. The van der Waals surface area contributed by atoms with E-state index in [1.54, 1.807) is 12.1 Å². The molecule has 0 aliphatic rings. The number of likely N-dealkylation sites (N-methyl/N-ethyl adjacent to an activating group) is 1. The van der Waals surface area contributed by atoms with Gasteiger partial charge >= 0.3 is 0 Å². The van der Waals surface area contributed by atoms with Gasteiger partial charge in [0.25, 0.3) is 5.91 Å². The van der Waals surface area contributed by atoms with Crippen molar-refractivity contribution in [2.75, 3.05) is 19.6 Å². The summed E-state index contributed by atoms with van der Waals surface area (Å²) in [6.07, 6.45) is 3.91. The van der Waals surface area contributed by atoms with Crippen molar-refractivity contribution in [3.05, 3.63) is 102 Å². The molecule has 1 atom stereocenters. The van der Waals surface area contributed by atoms with Gasteiger partial charge in [-0.25, -0.2) is 4.98 Å². The highest BCUT2D eigenvalue weighted by Gasteiger charge is 2.19. The van der Waals surface area contributed by atoms with Crippen molar-refractivity contribution < 1.29 is 9.53 Å². The quantitative estimate of drug-likeness (QED) is 0.386. The standard InChI is InChI=1S/C27H30N4O2/c1-3-30(4-2)25(21-10-6-5-7-11-21)18-28-27(32)22-13-15-24(16-14-22)33-20-23-19-31-17-9-8-12-26(31)29-23/h5-17,19,25H,3-4,18,20H2,1-2H3,(H,28,32)/t25-/m0/s1. The number of benzene rings is 2. The van der Waals surface area contributed by atoms with Crippen LogP contribution in [0.25, 0.3) is 5.65 Å². The number of aromatic nitrogens is 2. The van der Waals surface area contributed by atoms with Crippen molar-refractivity contribution in [1.29, 1.82) is 0 Å². The summed E-state index contributed by atoms with van der Waals surface area (Å²) in [5, 5.41) is 3.10. The van der Waals surface area contributed by atoms with E-state index >= 15 is 0 Å². The number of pyridine rings is 1. The topological polar surface area (TPSA) is 58.9 Å². The van der Waals surface area contributed by atoms with Crippen LogP contribution in [0.4, 0.5) is 0 Å². The summed E-state index contributed by atoms with van der Waals surface area (Å²) in [4.78, 5) is 19.7. The van der Waals surface area contributed by atoms with E-state index < -0.39 is 0 Å². The Bertz CT molecular complexity index is 1130. The van der Waals surface area contributed by atoms with Crippen molar-refractivity contribution in [2.45, 2.75) is 26.5 Å². The summed E-state index contributed by atoms with van der Waals surface area (Å²) in [6.45, 7) is 7.06. The lowest BCUT2D eigenvalue weighted by Gasteiger charge is -2.30. The molecule has 6 nitrogen and oxygen atoms in total. The number of hydrogen-bond acceptors (Lipinski definition) is 4. The lowest BCUT2D eigenvalue weighted by atomic mass is 10.0. The Labute approximate surface area is 194 Å². The number of imidazole rings is 1. The minimum Gasteiger partial charge on any atom is -0.487 e. The van der Waals surface area contributed by atoms with Gasteiger partial charge in [0.15, 0.2) is 0 Å². The molecule has 4 rings (SSSR count). The molecule has 1 amide bonds. The molecule has 4 aromatic rings. The lowest BCUT2D eigenvalue weighted by Crippen LogP contribution is -2.38. The third-order valence-corrected chi connectivity index (χ3v) is 5.81. The van der Waals surface area contributed by atoms with Gasteiger partial charge in [-0.3, -0.25) is 9.69 Å². The molecule has 33 heavy (non-hydrogen) atoms. The maximum absolute atomic E-state index is 12.8. The molecule has 0 spiro atoms. The van der Waals surface area contributed by atoms with Crippen LogP contribution in [0.1, 0.15) is 41.5 Å². The number of fused-ring (bicyclic) bond motifs is 1.